The molecule has 0 aromatic heterocycles. The van der Waals surface area contributed by atoms with Crippen LogP contribution < -0.4 is 0 Å². The second-order valence-corrected chi connectivity index (χ2v) is 13.7. The van der Waals surface area contributed by atoms with Crippen molar-refractivity contribution in [2.45, 2.75) is 95.3 Å². The van der Waals surface area contributed by atoms with Crippen LogP contribution in [0.15, 0.2) is 66.7 Å². The number of ether oxygens (including phenoxy) is 6. The minimum absolute atomic E-state index is 0.0860. The molecule has 9 atom stereocenters. The van der Waals surface area contributed by atoms with Gasteiger partial charge in [-0.05, 0) is 44.5 Å². The highest BCUT2D eigenvalue weighted by molar-refractivity contribution is 5.90. The van der Waals surface area contributed by atoms with E-state index in [0.29, 0.717) is 5.56 Å². The van der Waals surface area contributed by atoms with E-state index >= 15 is 0 Å². The van der Waals surface area contributed by atoms with Gasteiger partial charge in [-0.3, -0.25) is 14.4 Å². The van der Waals surface area contributed by atoms with Gasteiger partial charge >= 0.3 is 29.8 Å². The van der Waals surface area contributed by atoms with Crippen LogP contribution >= 0.6 is 0 Å². The summed E-state index contributed by atoms with van der Waals surface area (Å²) in [4.78, 5) is 65.6. The molecule has 2 bridgehead atoms. The molecule has 2 saturated carbocycles. The fourth-order valence-electron chi connectivity index (χ4n) is 8.24. The number of fused-ring (bicyclic) bond motifs is 1. The van der Waals surface area contributed by atoms with Gasteiger partial charge in [0.25, 0.3) is 0 Å². The van der Waals surface area contributed by atoms with Crippen LogP contribution in [0.25, 0.3) is 6.08 Å². The fraction of sp³-hybridized carbons (Fsp3) is 0.486. The highest BCUT2D eigenvalue weighted by Gasteiger charge is 2.88. The lowest BCUT2D eigenvalue weighted by atomic mass is 9.45. The summed E-state index contributed by atoms with van der Waals surface area (Å²) in [6.45, 7) is 7.06. The number of benzene rings is 2. The molecule has 2 aromatic rings. The van der Waals surface area contributed by atoms with Gasteiger partial charge in [0.2, 0.25) is 0 Å². The van der Waals surface area contributed by atoms with Gasteiger partial charge in [-0.1, -0.05) is 48.5 Å². The first-order valence-electron chi connectivity index (χ1n) is 16.2. The van der Waals surface area contributed by atoms with Crippen molar-refractivity contribution in [2.75, 3.05) is 6.61 Å². The zero-order chi connectivity index (χ0) is 36.6. The van der Waals surface area contributed by atoms with Crippen LogP contribution in [0.2, 0.25) is 0 Å². The summed E-state index contributed by atoms with van der Waals surface area (Å²) in [5.41, 5.74) is -7.37. The first-order chi connectivity index (χ1) is 23.5. The lowest BCUT2D eigenvalue weighted by Crippen LogP contribution is -2.85. The third-order valence-corrected chi connectivity index (χ3v) is 9.91. The van der Waals surface area contributed by atoms with Crippen molar-refractivity contribution in [3.63, 3.8) is 0 Å². The van der Waals surface area contributed by atoms with Gasteiger partial charge in [-0.15, -0.1) is 0 Å². The van der Waals surface area contributed by atoms with E-state index in [1.165, 1.54) is 25.1 Å². The number of hydrogen-bond donors (Lipinski definition) is 2. The van der Waals surface area contributed by atoms with E-state index in [9.17, 15) is 34.2 Å². The molecule has 13 nitrogen and oxygen atoms in total. The molecule has 1 spiro atoms. The number of carbonyl (C=O) groups excluding carboxylic acids is 5. The molecule has 2 aliphatic carbocycles. The Kier molecular flexibility index (Phi) is 9.99. The predicted molar refractivity (Wildman–Crippen MR) is 174 cm³/mol. The van der Waals surface area contributed by atoms with Crippen LogP contribution in [0, 0.1) is 11.3 Å². The van der Waals surface area contributed by atoms with E-state index in [1.807, 2.05) is 0 Å². The van der Waals surface area contributed by atoms with Crippen molar-refractivity contribution < 1.29 is 62.6 Å². The van der Waals surface area contributed by atoms with Gasteiger partial charge in [0, 0.05) is 33.3 Å². The summed E-state index contributed by atoms with van der Waals surface area (Å²) in [6, 6.07) is 16.7. The topological polar surface area (TPSA) is 181 Å². The zero-order valence-electron chi connectivity index (χ0n) is 28.7. The fourth-order valence-corrected chi connectivity index (χ4v) is 8.24. The molecule has 1 saturated heterocycles. The van der Waals surface area contributed by atoms with Gasteiger partial charge < -0.3 is 38.6 Å². The van der Waals surface area contributed by atoms with Crippen molar-refractivity contribution in [2.24, 2.45) is 11.3 Å². The average Bonchev–Trinajstić information content (AvgIpc) is 3.22. The van der Waals surface area contributed by atoms with E-state index in [2.05, 4.69) is 0 Å². The third-order valence-electron chi connectivity index (χ3n) is 9.91. The van der Waals surface area contributed by atoms with Crippen LogP contribution in [-0.2, 0) is 47.6 Å². The maximum atomic E-state index is 13.9. The second kappa shape index (κ2) is 13.6. The lowest BCUT2D eigenvalue weighted by molar-refractivity contribution is -0.362. The Bertz CT molecular complexity index is 1650. The maximum Gasteiger partial charge on any atom is 0.338 e. The van der Waals surface area contributed by atoms with Crippen molar-refractivity contribution >= 4 is 35.9 Å². The minimum Gasteiger partial charge on any atom is -0.465 e. The number of aliphatic hydroxyl groups excluding tert-OH is 1. The predicted octanol–water partition coefficient (Wildman–Crippen LogP) is 2.94. The van der Waals surface area contributed by atoms with E-state index in [0.717, 1.165) is 26.8 Å². The number of aliphatic hydroxyl groups is 2. The Labute approximate surface area is 289 Å². The van der Waals surface area contributed by atoms with Gasteiger partial charge in [-0.25, -0.2) is 9.59 Å². The molecule has 2 aromatic carbocycles. The molecule has 2 N–H and O–H groups in total. The monoisotopic (exact) mass is 694 g/mol. The molecule has 50 heavy (non-hydrogen) atoms. The maximum absolute atomic E-state index is 13.9. The molecule has 5 rings (SSSR count). The van der Waals surface area contributed by atoms with Crippen molar-refractivity contribution in [1.82, 2.24) is 0 Å². The van der Waals surface area contributed by atoms with Gasteiger partial charge in [0.05, 0.1) is 28.8 Å². The largest absolute Gasteiger partial charge is 0.465 e. The number of carbonyl (C=O) groups is 5. The quantitative estimate of drug-likeness (QED) is 0.222. The molecule has 0 amide bonds. The first kappa shape index (κ1) is 36.7. The van der Waals surface area contributed by atoms with E-state index in [1.54, 1.807) is 62.4 Å². The Morgan fingerprint density at radius 1 is 0.820 bits per heavy atom. The Morgan fingerprint density at radius 3 is 2.00 bits per heavy atom. The zero-order valence-corrected chi connectivity index (χ0v) is 28.7. The summed E-state index contributed by atoms with van der Waals surface area (Å²) in [5, 5.41) is 24.9. The lowest BCUT2D eigenvalue weighted by Gasteiger charge is -2.66. The van der Waals surface area contributed by atoms with Gasteiger partial charge in [0.1, 0.15) is 29.8 Å². The van der Waals surface area contributed by atoms with Crippen LogP contribution in [-0.4, -0.2) is 94.0 Å². The van der Waals surface area contributed by atoms with Crippen molar-refractivity contribution in [3.8, 4) is 0 Å². The van der Waals surface area contributed by atoms with Crippen LogP contribution in [0.1, 0.15) is 63.9 Å². The van der Waals surface area contributed by atoms with Crippen molar-refractivity contribution in [1.29, 1.82) is 0 Å². The standard InChI is InChI=1S/C37H42O13/c1-21(38)45-20-36-31(48-27(41)18-17-24-13-9-7-10-14-24)26(46-22(2)39)19-35(6,44)37(36)30(42)28(34(4,5)50-37)29(47-23(3)40)32(36)49-33(43)25-15-11-8-12-16-25/h7-18,26,28-32,42,44H,19-20H2,1-6H3. The number of hydrogen-bond acceptors (Lipinski definition) is 13. The molecule has 0 radical (unpaired) electrons. The molecule has 268 valence electrons. The third kappa shape index (κ3) is 6.29. The number of rotatable bonds is 9. The van der Waals surface area contributed by atoms with Crippen LogP contribution in [0.4, 0.5) is 0 Å². The Morgan fingerprint density at radius 2 is 1.42 bits per heavy atom. The second-order valence-electron chi connectivity index (χ2n) is 13.7. The van der Waals surface area contributed by atoms with Crippen LogP contribution in [0.3, 0.4) is 0 Å². The Hall–Kier alpha value is -4.59. The summed E-state index contributed by atoms with van der Waals surface area (Å²) >= 11 is 0. The molecule has 1 aliphatic heterocycles. The average molecular weight is 695 g/mol. The summed E-state index contributed by atoms with van der Waals surface area (Å²) in [7, 11) is 0. The summed E-state index contributed by atoms with van der Waals surface area (Å²) in [5.74, 6) is -5.48. The van der Waals surface area contributed by atoms with Gasteiger partial charge in [0.15, 0.2) is 12.2 Å². The normalized spacial score (nSPS) is 33.8. The molecule has 3 aliphatic rings. The molecule has 3 fully saturated rings. The number of esters is 5. The smallest absolute Gasteiger partial charge is 0.338 e. The summed E-state index contributed by atoms with van der Waals surface area (Å²) in [6.07, 6.45) is -6.04. The molecular formula is C37H42O13. The minimum atomic E-state index is -2.29. The van der Waals surface area contributed by atoms with E-state index in [4.69, 9.17) is 28.4 Å². The highest BCUT2D eigenvalue weighted by atomic mass is 16.6. The summed E-state index contributed by atoms with van der Waals surface area (Å²) < 4.78 is 36.3. The molecule has 13 heteroatoms. The van der Waals surface area contributed by atoms with Gasteiger partial charge in [-0.2, -0.15) is 0 Å². The van der Waals surface area contributed by atoms with Crippen LogP contribution in [0.5, 0.6) is 0 Å². The SMILES string of the molecule is CC(=O)OCC12C(OC(=O)C=Cc3ccccc3)C(OC(C)=O)CC(C)(O)C13OC(C)(C)C(C(OC(C)=O)C2OC(=O)c1ccccc1)C3O. The molecule has 1 heterocycles. The molecular weight excluding hydrogens is 652 g/mol. The van der Waals surface area contributed by atoms with E-state index in [-0.39, 0.29) is 5.56 Å². The van der Waals surface area contributed by atoms with E-state index < -0.39 is 102 Å². The highest BCUT2D eigenvalue weighted by Crippen LogP contribution is 2.69. The Balaban J connectivity index is 1.81. The van der Waals surface area contributed by atoms with Crippen molar-refractivity contribution in [3.05, 3.63) is 77.9 Å². The molecule has 9 unspecified atom stereocenters. The first-order valence-corrected chi connectivity index (χ1v) is 16.2.